The summed E-state index contributed by atoms with van der Waals surface area (Å²) in [4.78, 5) is 12.0. The minimum absolute atomic E-state index is 0.0619. The minimum atomic E-state index is -0.637. The van der Waals surface area contributed by atoms with Crippen molar-refractivity contribution in [1.29, 1.82) is 0 Å². The highest BCUT2D eigenvalue weighted by molar-refractivity contribution is 6.33. The van der Waals surface area contributed by atoms with Gasteiger partial charge < -0.3 is 20.3 Å². The predicted molar refractivity (Wildman–Crippen MR) is 61.7 cm³/mol. The van der Waals surface area contributed by atoms with E-state index in [0.29, 0.717) is 11.2 Å². The Labute approximate surface area is 106 Å². The number of imidazole rings is 1. The average Bonchev–Trinajstić information content (AvgIpc) is 2.93. The molecule has 0 radical (unpaired) electrons. The van der Waals surface area contributed by atoms with E-state index >= 15 is 0 Å². The second-order valence-electron chi connectivity index (χ2n) is 3.73. The summed E-state index contributed by atoms with van der Waals surface area (Å²) in [6, 6.07) is 0. The van der Waals surface area contributed by atoms with E-state index in [2.05, 4.69) is 15.0 Å². The lowest BCUT2D eigenvalue weighted by molar-refractivity contribution is -0.0980. The molecule has 0 aliphatic carbocycles. The number of aliphatic hydroxyl groups is 1. The first kappa shape index (κ1) is 11.6. The van der Waals surface area contributed by atoms with Crippen LogP contribution < -0.4 is 5.73 Å². The highest BCUT2D eigenvalue weighted by Crippen LogP contribution is 2.26. The number of nitrogen functional groups attached to an aromatic ring is 1. The van der Waals surface area contributed by atoms with Gasteiger partial charge in [-0.25, -0.2) is 4.98 Å². The monoisotopic (exact) mass is 271 g/mol. The van der Waals surface area contributed by atoms with Crippen molar-refractivity contribution in [2.75, 3.05) is 18.9 Å². The van der Waals surface area contributed by atoms with Gasteiger partial charge in [-0.1, -0.05) is 11.6 Å². The zero-order chi connectivity index (χ0) is 12.7. The van der Waals surface area contributed by atoms with Crippen molar-refractivity contribution in [3.63, 3.8) is 0 Å². The average molecular weight is 272 g/mol. The van der Waals surface area contributed by atoms with E-state index in [1.807, 2.05) is 0 Å². The summed E-state index contributed by atoms with van der Waals surface area (Å²) in [5, 5.41) is 9.13. The lowest BCUT2D eigenvalue weighted by Crippen LogP contribution is -2.15. The van der Waals surface area contributed by atoms with Crippen molar-refractivity contribution in [1.82, 2.24) is 19.5 Å². The topological polar surface area (TPSA) is 108 Å². The third-order valence-corrected chi connectivity index (χ3v) is 2.85. The third kappa shape index (κ3) is 1.79. The Balaban J connectivity index is 2.03. The molecule has 2 aromatic rings. The van der Waals surface area contributed by atoms with E-state index in [1.165, 1.54) is 6.33 Å². The molecule has 0 amide bonds. The summed E-state index contributed by atoms with van der Waals surface area (Å²) >= 11 is 5.92. The van der Waals surface area contributed by atoms with Crippen LogP contribution in [0.25, 0.3) is 11.2 Å². The summed E-state index contributed by atoms with van der Waals surface area (Å²) in [6.45, 7) is 0.0826. The van der Waals surface area contributed by atoms with Crippen LogP contribution in [0.2, 0.25) is 5.15 Å². The van der Waals surface area contributed by atoms with Crippen LogP contribution in [0.15, 0.2) is 6.33 Å². The highest BCUT2D eigenvalue weighted by atomic mass is 35.5. The smallest absolute Gasteiger partial charge is 0.223 e. The Morgan fingerprint density at radius 1 is 1.56 bits per heavy atom. The number of hydrogen-bond donors (Lipinski definition) is 2. The second-order valence-corrected chi connectivity index (χ2v) is 4.09. The van der Waals surface area contributed by atoms with Crippen LogP contribution in [0.4, 0.5) is 5.95 Å². The van der Waals surface area contributed by atoms with Crippen LogP contribution in [-0.2, 0) is 9.47 Å². The molecular formula is C9H10ClN5O3. The maximum atomic E-state index is 8.94. The van der Waals surface area contributed by atoms with Gasteiger partial charge in [-0.05, 0) is 0 Å². The molecule has 3 heterocycles. The van der Waals surface area contributed by atoms with E-state index in [1.54, 1.807) is 4.57 Å². The molecule has 1 aliphatic heterocycles. The predicted octanol–water partition coefficient (Wildman–Crippen LogP) is -0.0743. The molecule has 96 valence electrons. The number of aliphatic hydroxyl groups excluding tert-OH is 1. The zero-order valence-corrected chi connectivity index (χ0v) is 9.91. The van der Waals surface area contributed by atoms with Gasteiger partial charge in [0.05, 0.1) is 19.5 Å². The molecule has 3 N–H and O–H groups in total. The number of nitrogens with two attached hydrogens (primary N) is 1. The fourth-order valence-electron chi connectivity index (χ4n) is 1.79. The third-order valence-electron chi connectivity index (χ3n) is 2.59. The quantitative estimate of drug-likeness (QED) is 0.736. The Morgan fingerprint density at radius 2 is 2.39 bits per heavy atom. The number of halogens is 1. The fraction of sp³-hybridized carbons (Fsp3) is 0.444. The molecule has 0 spiro atoms. The summed E-state index contributed by atoms with van der Waals surface area (Å²) in [5.74, 6) is 0.0619. The number of aromatic nitrogens is 4. The number of ether oxygens (including phenoxy) is 2. The molecule has 0 aromatic carbocycles. The van der Waals surface area contributed by atoms with Crippen LogP contribution >= 0.6 is 11.6 Å². The molecule has 2 atom stereocenters. The Kier molecular flexibility index (Phi) is 2.78. The minimum Gasteiger partial charge on any atom is -0.391 e. The van der Waals surface area contributed by atoms with Crippen molar-refractivity contribution in [3.8, 4) is 0 Å². The molecule has 8 nitrogen and oxygen atoms in total. The van der Waals surface area contributed by atoms with Crippen LogP contribution in [-0.4, -0.2) is 44.1 Å². The van der Waals surface area contributed by atoms with E-state index in [9.17, 15) is 0 Å². The molecule has 9 heteroatoms. The van der Waals surface area contributed by atoms with E-state index in [0.717, 1.165) is 0 Å². The fourth-order valence-corrected chi connectivity index (χ4v) is 2.01. The molecular weight excluding hydrogens is 262 g/mol. The molecule has 1 saturated heterocycles. The first-order chi connectivity index (χ1) is 8.69. The molecule has 1 aliphatic rings. The summed E-state index contributed by atoms with van der Waals surface area (Å²) < 4.78 is 12.3. The maximum absolute atomic E-state index is 8.94. The van der Waals surface area contributed by atoms with Crippen LogP contribution in [0.3, 0.4) is 0 Å². The Morgan fingerprint density at radius 3 is 3.11 bits per heavy atom. The van der Waals surface area contributed by atoms with Gasteiger partial charge in [0.1, 0.15) is 5.52 Å². The lowest BCUT2D eigenvalue weighted by atomic mass is 10.5. The maximum Gasteiger partial charge on any atom is 0.223 e. The summed E-state index contributed by atoms with van der Waals surface area (Å²) in [5.41, 5.74) is 6.46. The molecule has 3 rings (SSSR count). The van der Waals surface area contributed by atoms with Crippen molar-refractivity contribution >= 4 is 28.7 Å². The summed E-state index contributed by atoms with van der Waals surface area (Å²) in [6.07, 6.45) is 0.470. The van der Waals surface area contributed by atoms with Gasteiger partial charge in [0, 0.05) is 0 Å². The number of anilines is 1. The normalized spacial score (nSPS) is 23.9. The van der Waals surface area contributed by atoms with Crippen LogP contribution in [0.1, 0.15) is 6.23 Å². The van der Waals surface area contributed by atoms with Gasteiger partial charge in [0.15, 0.2) is 23.3 Å². The van der Waals surface area contributed by atoms with Crippen molar-refractivity contribution < 1.29 is 14.6 Å². The van der Waals surface area contributed by atoms with E-state index in [-0.39, 0.29) is 24.3 Å². The SMILES string of the molecule is Nc1nc(Cl)c2ncn([C@@H]3CO[C@H](CO)O3)c2n1. The van der Waals surface area contributed by atoms with Crippen molar-refractivity contribution in [3.05, 3.63) is 11.5 Å². The van der Waals surface area contributed by atoms with Gasteiger partial charge >= 0.3 is 0 Å². The molecule has 0 saturated carbocycles. The number of fused-ring (bicyclic) bond motifs is 1. The van der Waals surface area contributed by atoms with Gasteiger partial charge in [-0.3, -0.25) is 4.57 Å². The van der Waals surface area contributed by atoms with Crippen molar-refractivity contribution in [2.24, 2.45) is 0 Å². The molecule has 0 bridgehead atoms. The number of rotatable bonds is 2. The van der Waals surface area contributed by atoms with E-state index in [4.69, 9.17) is 31.9 Å². The number of nitrogens with zero attached hydrogens (tertiary/aromatic N) is 4. The molecule has 2 aromatic heterocycles. The largest absolute Gasteiger partial charge is 0.391 e. The van der Waals surface area contributed by atoms with Gasteiger partial charge in [-0.2, -0.15) is 9.97 Å². The summed E-state index contributed by atoms with van der Waals surface area (Å²) in [7, 11) is 0. The van der Waals surface area contributed by atoms with Crippen LogP contribution in [0.5, 0.6) is 0 Å². The Bertz CT molecular complexity index is 589. The molecule has 0 unspecified atom stereocenters. The van der Waals surface area contributed by atoms with Gasteiger partial charge in [-0.15, -0.1) is 0 Å². The molecule has 1 fully saturated rings. The molecule has 18 heavy (non-hydrogen) atoms. The first-order valence-corrected chi connectivity index (χ1v) is 5.60. The number of hydrogen-bond acceptors (Lipinski definition) is 7. The van der Waals surface area contributed by atoms with Gasteiger partial charge in [0.25, 0.3) is 0 Å². The lowest BCUT2D eigenvalue weighted by Gasteiger charge is -2.11. The van der Waals surface area contributed by atoms with Crippen molar-refractivity contribution in [2.45, 2.75) is 12.5 Å². The van der Waals surface area contributed by atoms with E-state index < -0.39 is 12.5 Å². The van der Waals surface area contributed by atoms with Gasteiger partial charge in [0.2, 0.25) is 5.95 Å². The first-order valence-electron chi connectivity index (χ1n) is 5.22. The highest BCUT2D eigenvalue weighted by Gasteiger charge is 2.28. The Hall–Kier alpha value is -1.48. The van der Waals surface area contributed by atoms with Crippen LogP contribution in [0, 0.1) is 0 Å². The second kappa shape index (κ2) is 4.32. The standard InChI is InChI=1S/C9H10ClN5O3/c10-7-6-8(14-9(11)13-7)15(3-12-6)4-2-17-5(1-16)18-4/h3-5,16H,1-2H2,(H2,11,13,14)/t4-,5-/m0/s1. The zero-order valence-electron chi connectivity index (χ0n) is 9.15.